The van der Waals surface area contributed by atoms with Crippen LogP contribution in [0.1, 0.15) is 11.3 Å². The molecule has 4 heteroatoms. The first-order chi connectivity index (χ1) is 8.93. The largest absolute Gasteiger partial charge is 0.469 e. The third-order valence-corrected chi connectivity index (χ3v) is 2.95. The van der Waals surface area contributed by atoms with Crippen LogP contribution in [-0.2, 0) is 13.0 Å². The third-order valence-electron chi connectivity index (χ3n) is 2.95. The molecule has 3 aromatic rings. The summed E-state index contributed by atoms with van der Waals surface area (Å²) in [5.74, 6) is 1.02. The van der Waals surface area contributed by atoms with Gasteiger partial charge < -0.3 is 9.73 Å². The topological polar surface area (TPSA) is 42.5 Å². The molecule has 0 aromatic carbocycles. The van der Waals surface area contributed by atoms with E-state index in [0.717, 1.165) is 30.8 Å². The Morgan fingerprint density at radius 2 is 2.22 bits per heavy atom. The smallest absolute Gasteiger partial charge is 0.105 e. The number of furan rings is 1. The molecule has 0 saturated heterocycles. The molecule has 1 N–H and O–H groups in total. The first-order valence-corrected chi connectivity index (χ1v) is 6.08. The van der Waals surface area contributed by atoms with Gasteiger partial charge in [-0.2, -0.15) is 5.10 Å². The Bertz CT molecular complexity index is 613. The van der Waals surface area contributed by atoms with Crippen molar-refractivity contribution in [2.75, 3.05) is 6.54 Å². The van der Waals surface area contributed by atoms with Crippen LogP contribution in [0.25, 0.3) is 5.52 Å². The van der Waals surface area contributed by atoms with E-state index in [1.807, 2.05) is 41.2 Å². The van der Waals surface area contributed by atoms with Gasteiger partial charge in [0.2, 0.25) is 0 Å². The van der Waals surface area contributed by atoms with Gasteiger partial charge in [0.1, 0.15) is 5.76 Å². The molecule has 0 aliphatic heterocycles. The van der Waals surface area contributed by atoms with E-state index in [1.54, 1.807) is 6.26 Å². The number of nitrogens with one attached hydrogen (secondary N) is 1. The van der Waals surface area contributed by atoms with Crippen molar-refractivity contribution in [2.24, 2.45) is 0 Å². The molecule has 0 saturated carbocycles. The van der Waals surface area contributed by atoms with Gasteiger partial charge >= 0.3 is 0 Å². The first-order valence-electron chi connectivity index (χ1n) is 6.08. The number of rotatable bonds is 5. The number of hydrogen-bond donors (Lipinski definition) is 1. The minimum absolute atomic E-state index is 0.828. The maximum atomic E-state index is 5.28. The monoisotopic (exact) mass is 241 g/mol. The summed E-state index contributed by atoms with van der Waals surface area (Å²) < 4.78 is 7.18. The van der Waals surface area contributed by atoms with E-state index >= 15 is 0 Å². The summed E-state index contributed by atoms with van der Waals surface area (Å²) in [5, 5.41) is 7.71. The fourth-order valence-corrected chi connectivity index (χ4v) is 2.01. The standard InChI is InChI=1S/C14H15N3O/c1-2-8-17-14(5-1)12(11-16-17)10-15-7-6-13-4-3-9-18-13/h1-5,8-9,11,15H,6-7,10H2. The van der Waals surface area contributed by atoms with Gasteiger partial charge in [-0.25, -0.2) is 4.52 Å². The predicted molar refractivity (Wildman–Crippen MR) is 69.3 cm³/mol. The highest BCUT2D eigenvalue weighted by atomic mass is 16.3. The maximum absolute atomic E-state index is 5.28. The molecular formula is C14H15N3O. The first kappa shape index (κ1) is 11.0. The highest BCUT2D eigenvalue weighted by molar-refractivity contribution is 5.53. The van der Waals surface area contributed by atoms with E-state index in [1.165, 1.54) is 5.56 Å². The Labute approximate surface area is 105 Å². The molecule has 0 atom stereocenters. The number of pyridine rings is 1. The van der Waals surface area contributed by atoms with Crippen molar-refractivity contribution in [3.8, 4) is 0 Å². The fraction of sp³-hybridized carbons (Fsp3) is 0.214. The molecule has 3 heterocycles. The van der Waals surface area contributed by atoms with Gasteiger partial charge in [0.15, 0.2) is 0 Å². The van der Waals surface area contributed by atoms with Gasteiger partial charge in [-0.3, -0.25) is 0 Å². The lowest BCUT2D eigenvalue weighted by Crippen LogP contribution is -2.16. The molecule has 0 spiro atoms. The summed E-state index contributed by atoms with van der Waals surface area (Å²) in [7, 11) is 0. The molecule has 0 bridgehead atoms. The zero-order chi connectivity index (χ0) is 12.2. The molecule has 0 fully saturated rings. The second-order valence-corrected chi connectivity index (χ2v) is 4.21. The number of nitrogens with zero attached hydrogens (tertiary/aromatic N) is 2. The fourth-order valence-electron chi connectivity index (χ4n) is 2.01. The van der Waals surface area contributed by atoms with Crippen LogP contribution in [0.4, 0.5) is 0 Å². The van der Waals surface area contributed by atoms with Gasteiger partial charge in [-0.1, -0.05) is 6.07 Å². The van der Waals surface area contributed by atoms with Crippen LogP contribution in [0.2, 0.25) is 0 Å². The molecule has 0 aliphatic carbocycles. The summed E-state index contributed by atoms with van der Waals surface area (Å²) in [4.78, 5) is 0. The van der Waals surface area contributed by atoms with Crippen LogP contribution in [0, 0.1) is 0 Å². The minimum Gasteiger partial charge on any atom is -0.469 e. The third kappa shape index (κ3) is 2.28. The molecule has 92 valence electrons. The Morgan fingerprint density at radius 3 is 3.11 bits per heavy atom. The predicted octanol–water partition coefficient (Wildman–Crippen LogP) is 2.26. The zero-order valence-corrected chi connectivity index (χ0v) is 10.0. The van der Waals surface area contributed by atoms with Crippen LogP contribution >= 0.6 is 0 Å². The van der Waals surface area contributed by atoms with Gasteiger partial charge in [0, 0.05) is 31.3 Å². The summed E-state index contributed by atoms with van der Waals surface area (Å²) in [6.07, 6.45) is 6.49. The van der Waals surface area contributed by atoms with Crippen molar-refractivity contribution in [2.45, 2.75) is 13.0 Å². The molecule has 3 rings (SSSR count). The van der Waals surface area contributed by atoms with Gasteiger partial charge in [-0.05, 0) is 24.3 Å². The molecule has 18 heavy (non-hydrogen) atoms. The lowest BCUT2D eigenvalue weighted by Gasteiger charge is -2.02. The van der Waals surface area contributed by atoms with Crippen LogP contribution in [0.15, 0.2) is 53.4 Å². The molecule has 4 nitrogen and oxygen atoms in total. The summed E-state index contributed by atoms with van der Waals surface area (Å²) >= 11 is 0. The molecule has 3 aromatic heterocycles. The summed E-state index contributed by atoms with van der Waals surface area (Å²) in [6, 6.07) is 10.0. The van der Waals surface area contributed by atoms with E-state index in [-0.39, 0.29) is 0 Å². The molecule has 0 radical (unpaired) electrons. The maximum Gasteiger partial charge on any atom is 0.105 e. The highest BCUT2D eigenvalue weighted by Gasteiger charge is 2.02. The van der Waals surface area contributed by atoms with Crippen LogP contribution in [0.3, 0.4) is 0 Å². The number of aromatic nitrogens is 2. The number of fused-ring (bicyclic) bond motifs is 1. The van der Waals surface area contributed by atoms with Crippen molar-refractivity contribution in [3.63, 3.8) is 0 Å². The molecular weight excluding hydrogens is 226 g/mol. The second-order valence-electron chi connectivity index (χ2n) is 4.21. The van der Waals surface area contributed by atoms with Crippen molar-refractivity contribution >= 4 is 5.52 Å². The Kier molecular flexibility index (Phi) is 3.10. The van der Waals surface area contributed by atoms with Crippen LogP contribution < -0.4 is 5.32 Å². The van der Waals surface area contributed by atoms with Crippen molar-refractivity contribution in [3.05, 3.63) is 60.3 Å². The zero-order valence-electron chi connectivity index (χ0n) is 10.0. The van der Waals surface area contributed by atoms with E-state index in [0.29, 0.717) is 0 Å². The van der Waals surface area contributed by atoms with Crippen LogP contribution in [-0.4, -0.2) is 16.2 Å². The Balaban J connectivity index is 1.57. The lowest BCUT2D eigenvalue weighted by molar-refractivity contribution is 0.499. The normalized spacial score (nSPS) is 11.1. The van der Waals surface area contributed by atoms with E-state index in [4.69, 9.17) is 4.42 Å². The van der Waals surface area contributed by atoms with Gasteiger partial charge in [-0.15, -0.1) is 0 Å². The van der Waals surface area contributed by atoms with E-state index in [9.17, 15) is 0 Å². The van der Waals surface area contributed by atoms with Gasteiger partial charge in [0.05, 0.1) is 18.0 Å². The van der Waals surface area contributed by atoms with E-state index in [2.05, 4.69) is 16.5 Å². The average Bonchev–Trinajstić information content (AvgIpc) is 3.04. The SMILES string of the molecule is c1coc(CCNCc2cnn3ccccc23)c1. The van der Waals surface area contributed by atoms with Crippen molar-refractivity contribution in [1.82, 2.24) is 14.9 Å². The molecule has 0 amide bonds. The van der Waals surface area contributed by atoms with Crippen molar-refractivity contribution in [1.29, 1.82) is 0 Å². The highest BCUT2D eigenvalue weighted by Crippen LogP contribution is 2.09. The summed E-state index contributed by atoms with van der Waals surface area (Å²) in [6.45, 7) is 1.73. The van der Waals surface area contributed by atoms with E-state index < -0.39 is 0 Å². The minimum atomic E-state index is 0.828. The van der Waals surface area contributed by atoms with Crippen LogP contribution in [0.5, 0.6) is 0 Å². The molecule has 0 aliphatic rings. The summed E-state index contributed by atoms with van der Waals surface area (Å²) in [5.41, 5.74) is 2.37. The average molecular weight is 241 g/mol. The Hall–Kier alpha value is -2.07. The molecule has 0 unspecified atom stereocenters. The second kappa shape index (κ2) is 5.06. The quantitative estimate of drug-likeness (QED) is 0.697. The van der Waals surface area contributed by atoms with Gasteiger partial charge in [0.25, 0.3) is 0 Å². The lowest BCUT2D eigenvalue weighted by atomic mass is 10.2. The van der Waals surface area contributed by atoms with Crippen molar-refractivity contribution < 1.29 is 4.42 Å². The number of hydrogen-bond acceptors (Lipinski definition) is 3. The Morgan fingerprint density at radius 1 is 1.22 bits per heavy atom.